The second-order valence-corrected chi connectivity index (χ2v) is 7.05. The van der Waals surface area contributed by atoms with Gasteiger partial charge < -0.3 is 10.2 Å². The molecule has 5 nitrogen and oxygen atoms in total. The van der Waals surface area contributed by atoms with Crippen molar-refractivity contribution >= 4 is 37.7 Å². The second-order valence-electron chi connectivity index (χ2n) is 3.74. The first-order chi connectivity index (χ1) is 8.44. The third-order valence-electron chi connectivity index (χ3n) is 2.38. The maximum atomic E-state index is 12.2. The van der Waals surface area contributed by atoms with E-state index in [0.717, 1.165) is 12.2 Å². The molecule has 0 radical (unpaired) electrons. The van der Waals surface area contributed by atoms with E-state index in [1.54, 1.807) is 11.8 Å². The number of furan rings is 1. The average Bonchev–Trinajstić information content (AvgIpc) is 2.70. The van der Waals surface area contributed by atoms with E-state index < -0.39 is 10.0 Å². The van der Waals surface area contributed by atoms with Gasteiger partial charge in [-0.15, -0.1) is 0 Å². The van der Waals surface area contributed by atoms with Crippen molar-refractivity contribution in [2.75, 3.05) is 12.0 Å². The fourth-order valence-corrected chi connectivity index (χ4v) is 4.54. The average molecular weight is 357 g/mol. The SMILES string of the molecule is CCC(CSC)NS(=O)(=O)c1cc(CN)oc1Br. The van der Waals surface area contributed by atoms with Gasteiger partial charge in [-0.2, -0.15) is 11.8 Å². The lowest BCUT2D eigenvalue weighted by Gasteiger charge is -2.15. The Hall–Kier alpha value is -0.0200. The summed E-state index contributed by atoms with van der Waals surface area (Å²) in [4.78, 5) is 0.0995. The van der Waals surface area contributed by atoms with Crippen LogP contribution in [-0.4, -0.2) is 26.5 Å². The molecule has 0 fully saturated rings. The third-order valence-corrected chi connectivity index (χ3v) is 5.49. The lowest BCUT2D eigenvalue weighted by atomic mass is 10.3. The number of nitrogens with two attached hydrogens (primary N) is 1. The van der Waals surface area contributed by atoms with Gasteiger partial charge in [0.1, 0.15) is 10.7 Å². The van der Waals surface area contributed by atoms with E-state index in [2.05, 4.69) is 20.7 Å². The molecule has 1 heterocycles. The summed E-state index contributed by atoms with van der Waals surface area (Å²) < 4.78 is 32.4. The number of sulfonamides is 1. The van der Waals surface area contributed by atoms with Crippen molar-refractivity contribution in [3.05, 3.63) is 16.5 Å². The van der Waals surface area contributed by atoms with E-state index in [1.807, 2.05) is 13.2 Å². The summed E-state index contributed by atoms with van der Waals surface area (Å²) >= 11 is 4.70. The van der Waals surface area contributed by atoms with Crippen molar-refractivity contribution in [1.82, 2.24) is 4.72 Å². The molecule has 0 aliphatic rings. The van der Waals surface area contributed by atoms with Gasteiger partial charge in [0.25, 0.3) is 0 Å². The van der Waals surface area contributed by atoms with Gasteiger partial charge in [-0.1, -0.05) is 6.92 Å². The van der Waals surface area contributed by atoms with Gasteiger partial charge in [-0.25, -0.2) is 13.1 Å². The first-order valence-corrected chi connectivity index (χ1v) is 9.11. The fraction of sp³-hybridized carbons (Fsp3) is 0.600. The molecule has 1 rings (SSSR count). The lowest BCUT2D eigenvalue weighted by Crippen LogP contribution is -2.36. The molecule has 0 aliphatic carbocycles. The van der Waals surface area contributed by atoms with Crippen molar-refractivity contribution in [3.63, 3.8) is 0 Å². The Morgan fingerprint density at radius 2 is 2.28 bits per heavy atom. The Kier molecular flexibility index (Phi) is 6.19. The minimum Gasteiger partial charge on any atom is -0.452 e. The number of thioether (sulfide) groups is 1. The molecule has 0 saturated carbocycles. The molecule has 0 aromatic carbocycles. The van der Waals surface area contributed by atoms with E-state index in [9.17, 15) is 8.42 Å². The van der Waals surface area contributed by atoms with E-state index in [4.69, 9.17) is 10.2 Å². The summed E-state index contributed by atoms with van der Waals surface area (Å²) in [6.45, 7) is 2.11. The van der Waals surface area contributed by atoms with Gasteiger partial charge in [0.15, 0.2) is 4.67 Å². The predicted octanol–water partition coefficient (Wildman–Crippen LogP) is 1.92. The Morgan fingerprint density at radius 3 is 2.72 bits per heavy atom. The Bertz CT molecular complexity index is 487. The maximum Gasteiger partial charge on any atom is 0.245 e. The zero-order chi connectivity index (χ0) is 13.8. The van der Waals surface area contributed by atoms with E-state index in [1.165, 1.54) is 6.07 Å². The normalized spacial score (nSPS) is 13.8. The molecule has 1 aromatic rings. The summed E-state index contributed by atoms with van der Waals surface area (Å²) in [6.07, 6.45) is 2.68. The standard InChI is InChI=1S/C10H17BrN2O3S2/c1-3-7(6-17-2)13-18(14,15)9-4-8(5-12)16-10(9)11/h4,7,13H,3,5-6,12H2,1-2H3. The molecule has 0 aliphatic heterocycles. The first-order valence-electron chi connectivity index (χ1n) is 5.44. The Balaban J connectivity index is 2.94. The molecule has 3 N–H and O–H groups in total. The predicted molar refractivity (Wildman–Crippen MR) is 77.1 cm³/mol. The van der Waals surface area contributed by atoms with Crippen LogP contribution in [0.5, 0.6) is 0 Å². The molecule has 104 valence electrons. The van der Waals surface area contributed by atoms with Crippen molar-refractivity contribution in [2.24, 2.45) is 5.73 Å². The summed E-state index contributed by atoms with van der Waals surface area (Å²) in [5.41, 5.74) is 5.42. The van der Waals surface area contributed by atoms with Crippen molar-refractivity contribution in [3.8, 4) is 0 Å². The van der Waals surface area contributed by atoms with Crippen molar-refractivity contribution in [2.45, 2.75) is 30.8 Å². The van der Waals surface area contributed by atoms with Crippen LogP contribution in [0.25, 0.3) is 0 Å². The minimum absolute atomic E-state index is 0.0897. The summed E-state index contributed by atoms with van der Waals surface area (Å²) in [7, 11) is -3.57. The lowest BCUT2D eigenvalue weighted by molar-refractivity contribution is 0.483. The zero-order valence-corrected chi connectivity index (χ0v) is 13.5. The maximum absolute atomic E-state index is 12.2. The minimum atomic E-state index is -3.57. The van der Waals surface area contributed by atoms with Crippen LogP contribution < -0.4 is 10.5 Å². The topological polar surface area (TPSA) is 85.3 Å². The van der Waals surface area contributed by atoms with Crippen molar-refractivity contribution in [1.29, 1.82) is 0 Å². The molecule has 0 bridgehead atoms. The van der Waals surface area contributed by atoms with Gasteiger partial charge in [-0.05, 0) is 28.6 Å². The molecule has 0 spiro atoms. The largest absolute Gasteiger partial charge is 0.452 e. The second kappa shape index (κ2) is 6.95. The highest BCUT2D eigenvalue weighted by molar-refractivity contribution is 9.10. The molecule has 1 atom stereocenters. The quantitative estimate of drug-likeness (QED) is 0.779. The molecule has 0 amide bonds. The van der Waals surface area contributed by atoms with Crippen LogP contribution >= 0.6 is 27.7 Å². The summed E-state index contributed by atoms with van der Waals surface area (Å²) in [5.74, 6) is 1.16. The first kappa shape index (κ1) is 16.0. The monoisotopic (exact) mass is 356 g/mol. The van der Waals surface area contributed by atoms with Crippen LogP contribution in [-0.2, 0) is 16.6 Å². The molecule has 1 unspecified atom stereocenters. The third kappa shape index (κ3) is 3.99. The number of nitrogens with one attached hydrogen (secondary N) is 1. The summed E-state index contributed by atoms with van der Waals surface area (Å²) in [5, 5.41) is 0. The van der Waals surface area contributed by atoms with Crippen LogP contribution in [0.2, 0.25) is 0 Å². The van der Waals surface area contributed by atoms with Crippen LogP contribution in [0.1, 0.15) is 19.1 Å². The molecular formula is C10H17BrN2O3S2. The van der Waals surface area contributed by atoms with E-state index >= 15 is 0 Å². The molecule has 0 saturated heterocycles. The number of hydrogen-bond donors (Lipinski definition) is 2. The van der Waals surface area contributed by atoms with Crippen LogP contribution in [0.4, 0.5) is 0 Å². The molecule has 8 heteroatoms. The molecule has 18 heavy (non-hydrogen) atoms. The summed E-state index contributed by atoms with van der Waals surface area (Å²) in [6, 6.07) is 1.35. The van der Waals surface area contributed by atoms with Gasteiger partial charge >= 0.3 is 0 Å². The number of rotatable bonds is 7. The Labute approximate surface area is 120 Å². The van der Waals surface area contributed by atoms with Crippen LogP contribution in [0, 0.1) is 0 Å². The van der Waals surface area contributed by atoms with Gasteiger partial charge in [0.2, 0.25) is 10.0 Å². The number of halogens is 1. The van der Waals surface area contributed by atoms with E-state index in [0.29, 0.717) is 5.76 Å². The highest BCUT2D eigenvalue weighted by atomic mass is 79.9. The number of hydrogen-bond acceptors (Lipinski definition) is 5. The molecule has 1 aromatic heterocycles. The fourth-order valence-electron chi connectivity index (χ4n) is 1.40. The van der Waals surface area contributed by atoms with Crippen molar-refractivity contribution < 1.29 is 12.8 Å². The van der Waals surface area contributed by atoms with Gasteiger partial charge in [0, 0.05) is 17.9 Å². The highest BCUT2D eigenvalue weighted by Gasteiger charge is 2.24. The molecular weight excluding hydrogens is 340 g/mol. The highest BCUT2D eigenvalue weighted by Crippen LogP contribution is 2.26. The van der Waals surface area contributed by atoms with Crippen LogP contribution in [0.3, 0.4) is 0 Å². The smallest absolute Gasteiger partial charge is 0.245 e. The van der Waals surface area contributed by atoms with E-state index in [-0.39, 0.29) is 22.2 Å². The van der Waals surface area contributed by atoms with Gasteiger partial charge in [-0.3, -0.25) is 0 Å². The van der Waals surface area contributed by atoms with Crippen LogP contribution in [0.15, 0.2) is 20.0 Å². The van der Waals surface area contributed by atoms with Gasteiger partial charge in [0.05, 0.1) is 6.54 Å². The Morgan fingerprint density at radius 1 is 1.61 bits per heavy atom. The zero-order valence-electron chi connectivity index (χ0n) is 10.3.